The van der Waals surface area contributed by atoms with Crippen molar-refractivity contribution in [3.8, 4) is 11.5 Å². The topological polar surface area (TPSA) is 46.5 Å². The number of rotatable bonds is 6. The highest BCUT2D eigenvalue weighted by Crippen LogP contribution is 2.14. The highest BCUT2D eigenvalue weighted by Gasteiger charge is 1.93. The van der Waals surface area contributed by atoms with Gasteiger partial charge in [0.25, 0.3) is 0 Å². The Hall–Kier alpha value is -3.07. The van der Waals surface area contributed by atoms with Crippen LogP contribution in [0.5, 0.6) is 11.5 Å². The van der Waals surface area contributed by atoms with Gasteiger partial charge in [-0.05, 0) is 47.5 Å². The third-order valence-electron chi connectivity index (χ3n) is 3.06. The van der Waals surface area contributed by atoms with Gasteiger partial charge in [0.1, 0.15) is 11.5 Å². The number of hydrogen-bond donors (Lipinski definition) is 1. The molecule has 0 aliphatic rings. The van der Waals surface area contributed by atoms with Crippen LogP contribution in [0, 0.1) is 0 Å². The lowest BCUT2D eigenvalue weighted by Gasteiger charge is -1.99. The minimum Gasteiger partial charge on any atom is -0.508 e. The predicted octanol–water partition coefficient (Wildman–Crippen LogP) is 4.25. The summed E-state index contributed by atoms with van der Waals surface area (Å²) in [7, 11) is 1.61. The Labute approximate surface area is 135 Å². The second kappa shape index (κ2) is 8.39. The van der Waals surface area contributed by atoms with E-state index >= 15 is 0 Å². The maximum Gasteiger partial charge on any atom is 0.178 e. The van der Waals surface area contributed by atoms with E-state index in [1.807, 2.05) is 36.4 Å². The number of benzene rings is 2. The number of ether oxygens (including phenoxy) is 1. The van der Waals surface area contributed by atoms with Gasteiger partial charge in [-0.15, -0.1) is 0 Å². The minimum atomic E-state index is -0.103. The molecule has 0 aliphatic carbocycles. The second-order valence-corrected chi connectivity index (χ2v) is 4.83. The first-order chi connectivity index (χ1) is 11.2. The lowest BCUT2D eigenvalue weighted by molar-refractivity contribution is -0.110. The van der Waals surface area contributed by atoms with Gasteiger partial charge in [0.15, 0.2) is 5.78 Å². The first-order valence-corrected chi connectivity index (χ1v) is 7.17. The maximum absolute atomic E-state index is 11.8. The van der Waals surface area contributed by atoms with Crippen molar-refractivity contribution >= 4 is 17.9 Å². The van der Waals surface area contributed by atoms with E-state index in [2.05, 4.69) is 0 Å². The highest BCUT2D eigenvalue weighted by atomic mass is 16.5. The van der Waals surface area contributed by atoms with Crippen molar-refractivity contribution in [2.75, 3.05) is 7.11 Å². The van der Waals surface area contributed by atoms with Gasteiger partial charge in [-0.25, -0.2) is 0 Å². The van der Waals surface area contributed by atoms with Crippen LogP contribution in [-0.2, 0) is 4.79 Å². The monoisotopic (exact) mass is 306 g/mol. The number of carbonyl (C=O) groups is 1. The fraction of sp³-hybridized carbons (Fsp3) is 0.0500. The molecule has 2 aromatic carbocycles. The lowest BCUT2D eigenvalue weighted by atomic mass is 10.1. The smallest absolute Gasteiger partial charge is 0.178 e. The third kappa shape index (κ3) is 5.67. The largest absolute Gasteiger partial charge is 0.508 e. The van der Waals surface area contributed by atoms with E-state index < -0.39 is 0 Å². The molecule has 0 saturated carbocycles. The van der Waals surface area contributed by atoms with E-state index in [-0.39, 0.29) is 11.5 Å². The number of aromatic hydroxyl groups is 1. The summed E-state index contributed by atoms with van der Waals surface area (Å²) in [6.07, 6.45) is 9.97. The van der Waals surface area contributed by atoms with E-state index in [4.69, 9.17) is 4.74 Å². The minimum absolute atomic E-state index is 0.103. The predicted molar refractivity (Wildman–Crippen MR) is 93.3 cm³/mol. The Morgan fingerprint density at radius 3 is 2.43 bits per heavy atom. The molecule has 0 aliphatic heterocycles. The number of carbonyl (C=O) groups excluding carboxylic acids is 1. The molecule has 2 rings (SSSR count). The van der Waals surface area contributed by atoms with Crippen LogP contribution in [0.2, 0.25) is 0 Å². The first kappa shape index (κ1) is 16.3. The fourth-order valence-electron chi connectivity index (χ4n) is 1.92. The Morgan fingerprint density at radius 2 is 1.70 bits per heavy atom. The number of allylic oxidation sites excluding steroid dienone is 4. The molecule has 0 saturated heterocycles. The van der Waals surface area contributed by atoms with Crippen molar-refractivity contribution in [3.63, 3.8) is 0 Å². The van der Waals surface area contributed by atoms with Crippen molar-refractivity contribution in [1.29, 1.82) is 0 Å². The zero-order chi connectivity index (χ0) is 16.5. The summed E-state index contributed by atoms with van der Waals surface area (Å²) in [6, 6.07) is 14.4. The number of phenols is 1. The standard InChI is InChI=1S/C20H18O3/c1-23-20-11-5-8-17(15-20)12-13-18(21)9-3-2-6-16-7-4-10-19(22)14-16/h2-15,22H,1H3. The molecule has 3 nitrogen and oxygen atoms in total. The van der Waals surface area contributed by atoms with E-state index in [1.165, 1.54) is 12.2 Å². The molecule has 23 heavy (non-hydrogen) atoms. The van der Waals surface area contributed by atoms with Gasteiger partial charge in [-0.3, -0.25) is 4.79 Å². The van der Waals surface area contributed by atoms with Crippen LogP contribution in [0.1, 0.15) is 11.1 Å². The molecule has 0 atom stereocenters. The van der Waals surface area contributed by atoms with E-state index in [9.17, 15) is 9.90 Å². The molecule has 3 heteroatoms. The fourth-order valence-corrected chi connectivity index (χ4v) is 1.92. The first-order valence-electron chi connectivity index (χ1n) is 7.17. The molecule has 116 valence electrons. The zero-order valence-electron chi connectivity index (χ0n) is 12.8. The number of methoxy groups -OCH3 is 1. The molecule has 0 spiro atoms. The average Bonchev–Trinajstić information content (AvgIpc) is 2.57. The number of ketones is 1. The molecule has 0 radical (unpaired) electrons. The van der Waals surface area contributed by atoms with Gasteiger partial charge in [-0.1, -0.05) is 48.6 Å². The SMILES string of the molecule is COc1cccc(C=CC(=O)C=CC=Cc2cccc(O)c2)c1. The van der Waals surface area contributed by atoms with Crippen LogP contribution in [-0.4, -0.2) is 18.0 Å². The van der Waals surface area contributed by atoms with Crippen molar-refractivity contribution in [1.82, 2.24) is 0 Å². The summed E-state index contributed by atoms with van der Waals surface area (Å²) in [5, 5.41) is 9.35. The number of hydrogen-bond acceptors (Lipinski definition) is 3. The molecule has 2 aromatic rings. The second-order valence-electron chi connectivity index (χ2n) is 4.83. The van der Waals surface area contributed by atoms with Crippen molar-refractivity contribution in [3.05, 3.63) is 84.0 Å². The quantitative estimate of drug-likeness (QED) is 0.641. The van der Waals surface area contributed by atoms with Crippen molar-refractivity contribution < 1.29 is 14.6 Å². The van der Waals surface area contributed by atoms with Crippen molar-refractivity contribution in [2.24, 2.45) is 0 Å². The normalized spacial score (nSPS) is 11.5. The summed E-state index contributed by atoms with van der Waals surface area (Å²) in [6.45, 7) is 0. The molecular weight excluding hydrogens is 288 g/mol. The maximum atomic E-state index is 11.8. The Morgan fingerprint density at radius 1 is 0.957 bits per heavy atom. The number of phenolic OH excluding ortho intramolecular Hbond substituents is 1. The summed E-state index contributed by atoms with van der Waals surface area (Å²) in [4.78, 5) is 11.8. The molecule has 0 fully saturated rings. The van der Waals surface area contributed by atoms with Crippen molar-refractivity contribution in [2.45, 2.75) is 0 Å². The van der Waals surface area contributed by atoms with Crippen LogP contribution >= 0.6 is 0 Å². The Bertz CT molecular complexity index is 755. The van der Waals surface area contributed by atoms with E-state index in [0.29, 0.717) is 0 Å². The van der Waals surface area contributed by atoms with Gasteiger partial charge in [0, 0.05) is 0 Å². The van der Waals surface area contributed by atoms with Crippen LogP contribution in [0.15, 0.2) is 72.8 Å². The molecule has 0 bridgehead atoms. The third-order valence-corrected chi connectivity index (χ3v) is 3.06. The van der Waals surface area contributed by atoms with Gasteiger partial charge < -0.3 is 9.84 Å². The van der Waals surface area contributed by atoms with E-state index in [0.717, 1.165) is 16.9 Å². The van der Waals surface area contributed by atoms with Gasteiger partial charge in [0.05, 0.1) is 7.11 Å². The Balaban J connectivity index is 1.92. The summed E-state index contributed by atoms with van der Waals surface area (Å²) in [5.41, 5.74) is 1.77. The molecule has 0 aromatic heterocycles. The van der Waals surface area contributed by atoms with Gasteiger partial charge in [-0.2, -0.15) is 0 Å². The highest BCUT2D eigenvalue weighted by molar-refractivity contribution is 6.02. The van der Waals surface area contributed by atoms with Crippen LogP contribution in [0.4, 0.5) is 0 Å². The van der Waals surface area contributed by atoms with Crippen LogP contribution in [0.25, 0.3) is 12.2 Å². The molecule has 1 N–H and O–H groups in total. The molecule has 0 amide bonds. The van der Waals surface area contributed by atoms with Crippen LogP contribution < -0.4 is 4.74 Å². The molecule has 0 heterocycles. The molecule has 0 unspecified atom stereocenters. The van der Waals surface area contributed by atoms with Gasteiger partial charge >= 0.3 is 0 Å². The van der Waals surface area contributed by atoms with Crippen LogP contribution in [0.3, 0.4) is 0 Å². The summed E-state index contributed by atoms with van der Waals surface area (Å²) < 4.78 is 5.13. The van der Waals surface area contributed by atoms with E-state index in [1.54, 1.807) is 43.5 Å². The molecular formula is C20H18O3. The lowest BCUT2D eigenvalue weighted by Crippen LogP contribution is -1.85. The average molecular weight is 306 g/mol. The Kier molecular flexibility index (Phi) is 5.95. The summed E-state index contributed by atoms with van der Waals surface area (Å²) >= 11 is 0. The van der Waals surface area contributed by atoms with Gasteiger partial charge in [0.2, 0.25) is 0 Å². The summed E-state index contributed by atoms with van der Waals surface area (Å²) in [5.74, 6) is 0.867. The zero-order valence-corrected chi connectivity index (χ0v) is 12.8.